The van der Waals surface area contributed by atoms with Crippen molar-refractivity contribution in [3.63, 3.8) is 0 Å². The molecule has 35 heavy (non-hydrogen) atoms. The summed E-state index contributed by atoms with van der Waals surface area (Å²) in [5, 5.41) is 11.3. The number of benzene rings is 3. The van der Waals surface area contributed by atoms with E-state index in [0.717, 1.165) is 28.4 Å². The molecule has 1 saturated heterocycles. The van der Waals surface area contributed by atoms with Crippen LogP contribution < -0.4 is 4.74 Å². The van der Waals surface area contributed by atoms with E-state index >= 15 is 0 Å². The van der Waals surface area contributed by atoms with Crippen LogP contribution in [0.1, 0.15) is 42.5 Å². The van der Waals surface area contributed by atoms with E-state index in [1.54, 1.807) is 23.1 Å². The average molecular weight is 534 g/mol. The Morgan fingerprint density at radius 1 is 1.00 bits per heavy atom. The largest absolute Gasteiger partial charge is 0.507 e. The highest BCUT2D eigenvalue weighted by Gasteiger charge is 2.45. The van der Waals surface area contributed by atoms with Gasteiger partial charge in [0, 0.05) is 16.6 Å². The van der Waals surface area contributed by atoms with Crippen LogP contribution in [0.2, 0.25) is 0 Å². The van der Waals surface area contributed by atoms with Gasteiger partial charge in [0.05, 0.1) is 18.2 Å². The second-order valence-corrected chi connectivity index (χ2v) is 9.43. The van der Waals surface area contributed by atoms with Gasteiger partial charge < -0.3 is 14.7 Å². The van der Waals surface area contributed by atoms with Gasteiger partial charge in [0.2, 0.25) is 0 Å². The zero-order chi connectivity index (χ0) is 24.8. The van der Waals surface area contributed by atoms with E-state index in [4.69, 9.17) is 4.74 Å². The topological polar surface area (TPSA) is 66.8 Å². The molecule has 0 aliphatic carbocycles. The Morgan fingerprint density at radius 2 is 1.77 bits per heavy atom. The Bertz CT molecular complexity index is 1240. The zero-order valence-corrected chi connectivity index (χ0v) is 21.2. The van der Waals surface area contributed by atoms with Crippen molar-refractivity contribution in [2.45, 2.75) is 32.2 Å². The van der Waals surface area contributed by atoms with Crippen molar-refractivity contribution in [1.82, 2.24) is 4.90 Å². The molecule has 0 bridgehead atoms. The number of nitrogens with zero attached hydrogens (tertiary/aromatic N) is 1. The predicted octanol–water partition coefficient (Wildman–Crippen LogP) is 6.29. The molecule has 180 valence electrons. The number of unbranched alkanes of at least 4 members (excludes halogenated alkanes) is 1. The van der Waals surface area contributed by atoms with Crippen molar-refractivity contribution in [3.05, 3.63) is 106 Å². The van der Waals surface area contributed by atoms with Crippen LogP contribution in [0.3, 0.4) is 0 Å². The number of hydrogen-bond acceptors (Lipinski definition) is 4. The molecule has 1 aliphatic rings. The molecular formula is C29H28BrNO4. The molecular weight excluding hydrogens is 506 g/mol. The standard InChI is InChI=1S/C29H28BrNO4/c1-2-3-17-35-24-14-8-12-22(19-24)27(32)25-26(21-11-7-13-23(30)18-21)31(29(34)28(25)33)16-15-20-9-5-4-6-10-20/h4-14,18-19,26,32H,2-3,15-17H2,1H3. The smallest absolute Gasteiger partial charge is 0.295 e. The van der Waals surface area contributed by atoms with Crippen LogP contribution in [0, 0.1) is 0 Å². The molecule has 1 aliphatic heterocycles. The van der Waals surface area contributed by atoms with Crippen LogP contribution in [0.15, 0.2) is 88.9 Å². The Kier molecular flexibility index (Phi) is 8.03. The van der Waals surface area contributed by atoms with E-state index in [-0.39, 0.29) is 11.3 Å². The first-order valence-electron chi connectivity index (χ1n) is 11.8. The number of hydrogen-bond donors (Lipinski definition) is 1. The predicted molar refractivity (Wildman–Crippen MR) is 140 cm³/mol. The number of carbonyl (C=O) groups excluding carboxylic acids is 2. The first-order chi connectivity index (χ1) is 17.0. The Morgan fingerprint density at radius 3 is 2.51 bits per heavy atom. The summed E-state index contributed by atoms with van der Waals surface area (Å²) in [5.41, 5.74) is 2.36. The Hall–Kier alpha value is -3.38. The second-order valence-electron chi connectivity index (χ2n) is 8.51. The van der Waals surface area contributed by atoms with E-state index in [1.807, 2.05) is 60.7 Å². The van der Waals surface area contributed by atoms with Crippen LogP contribution in [-0.4, -0.2) is 34.8 Å². The summed E-state index contributed by atoms with van der Waals surface area (Å²) in [6.45, 7) is 3.01. The van der Waals surface area contributed by atoms with Crippen molar-refractivity contribution in [2.75, 3.05) is 13.2 Å². The number of Topliss-reactive ketones (excluding diaryl/α,β-unsaturated/α-hetero) is 1. The maximum absolute atomic E-state index is 13.3. The van der Waals surface area contributed by atoms with Crippen LogP contribution in [0.5, 0.6) is 5.75 Å². The lowest BCUT2D eigenvalue weighted by Crippen LogP contribution is -2.31. The molecule has 0 radical (unpaired) electrons. The van der Waals surface area contributed by atoms with Crippen molar-refractivity contribution in [2.24, 2.45) is 0 Å². The van der Waals surface area contributed by atoms with Gasteiger partial charge >= 0.3 is 0 Å². The van der Waals surface area contributed by atoms with E-state index in [0.29, 0.717) is 30.9 Å². The molecule has 1 heterocycles. The summed E-state index contributed by atoms with van der Waals surface area (Å²) in [6.07, 6.45) is 2.53. The van der Waals surface area contributed by atoms with Gasteiger partial charge in [0.25, 0.3) is 11.7 Å². The number of aliphatic hydroxyl groups is 1. The highest BCUT2D eigenvalue weighted by molar-refractivity contribution is 9.10. The van der Waals surface area contributed by atoms with E-state index in [9.17, 15) is 14.7 Å². The molecule has 5 nitrogen and oxygen atoms in total. The fraction of sp³-hybridized carbons (Fsp3) is 0.241. The molecule has 1 amide bonds. The quantitative estimate of drug-likeness (QED) is 0.152. The maximum Gasteiger partial charge on any atom is 0.295 e. The molecule has 6 heteroatoms. The number of amides is 1. The minimum atomic E-state index is -0.694. The van der Waals surface area contributed by atoms with Gasteiger partial charge in [0.1, 0.15) is 11.5 Å². The van der Waals surface area contributed by atoms with E-state index < -0.39 is 17.7 Å². The molecule has 4 rings (SSSR count). The molecule has 0 aromatic heterocycles. The van der Waals surface area contributed by atoms with E-state index in [2.05, 4.69) is 22.9 Å². The summed E-state index contributed by atoms with van der Waals surface area (Å²) >= 11 is 3.49. The summed E-state index contributed by atoms with van der Waals surface area (Å²) in [7, 11) is 0. The van der Waals surface area contributed by atoms with Crippen molar-refractivity contribution in [3.8, 4) is 5.75 Å². The third-order valence-corrected chi connectivity index (χ3v) is 6.56. The maximum atomic E-state index is 13.3. The van der Waals surface area contributed by atoms with Crippen molar-refractivity contribution >= 4 is 33.4 Å². The molecule has 0 spiro atoms. The highest BCUT2D eigenvalue weighted by Crippen LogP contribution is 2.40. The van der Waals surface area contributed by atoms with Crippen molar-refractivity contribution in [1.29, 1.82) is 0 Å². The summed E-state index contributed by atoms with van der Waals surface area (Å²) < 4.78 is 6.61. The van der Waals surface area contributed by atoms with Gasteiger partial charge in [-0.25, -0.2) is 0 Å². The van der Waals surface area contributed by atoms with Gasteiger partial charge in [-0.3, -0.25) is 9.59 Å². The molecule has 1 atom stereocenters. The molecule has 0 saturated carbocycles. The van der Waals surface area contributed by atoms with E-state index in [1.165, 1.54) is 0 Å². The summed E-state index contributed by atoms with van der Waals surface area (Å²) in [5.74, 6) is -0.878. The van der Waals surface area contributed by atoms with Gasteiger partial charge in [-0.2, -0.15) is 0 Å². The van der Waals surface area contributed by atoms with Gasteiger partial charge in [-0.1, -0.05) is 83.9 Å². The monoisotopic (exact) mass is 533 g/mol. The normalized spacial score (nSPS) is 17.1. The highest BCUT2D eigenvalue weighted by atomic mass is 79.9. The molecule has 3 aromatic carbocycles. The van der Waals surface area contributed by atoms with Crippen LogP contribution in [0.4, 0.5) is 0 Å². The molecule has 1 unspecified atom stereocenters. The third kappa shape index (κ3) is 5.65. The fourth-order valence-electron chi connectivity index (χ4n) is 4.25. The number of likely N-dealkylation sites (tertiary alicyclic amines) is 1. The van der Waals surface area contributed by atoms with Gasteiger partial charge in [-0.05, 0) is 48.2 Å². The summed E-state index contributed by atoms with van der Waals surface area (Å²) in [6, 6.07) is 23.6. The SMILES string of the molecule is CCCCOc1cccc(C(O)=C2C(=O)C(=O)N(CCc3ccccc3)C2c2cccc(Br)c2)c1. The Balaban J connectivity index is 1.74. The number of rotatable bonds is 9. The summed E-state index contributed by atoms with van der Waals surface area (Å²) in [4.78, 5) is 28.0. The first-order valence-corrected chi connectivity index (χ1v) is 12.6. The van der Waals surface area contributed by atoms with Crippen LogP contribution in [-0.2, 0) is 16.0 Å². The average Bonchev–Trinajstić information content (AvgIpc) is 3.13. The fourth-order valence-corrected chi connectivity index (χ4v) is 4.67. The number of aliphatic hydroxyl groups excluding tert-OH is 1. The Labute approximate surface area is 214 Å². The minimum absolute atomic E-state index is 0.0897. The second kappa shape index (κ2) is 11.4. The lowest BCUT2D eigenvalue weighted by atomic mass is 9.95. The number of ketones is 1. The number of ether oxygens (including phenoxy) is 1. The van der Waals surface area contributed by atoms with Crippen LogP contribution in [0.25, 0.3) is 5.76 Å². The zero-order valence-electron chi connectivity index (χ0n) is 19.6. The van der Waals surface area contributed by atoms with Crippen LogP contribution >= 0.6 is 15.9 Å². The molecule has 1 N–H and O–H groups in total. The van der Waals surface area contributed by atoms with Crippen molar-refractivity contribution < 1.29 is 19.4 Å². The molecule has 1 fully saturated rings. The van der Waals surface area contributed by atoms with Gasteiger partial charge in [0.15, 0.2) is 0 Å². The van der Waals surface area contributed by atoms with Gasteiger partial charge in [-0.15, -0.1) is 0 Å². The lowest BCUT2D eigenvalue weighted by Gasteiger charge is -2.25. The molecule has 3 aromatic rings. The lowest BCUT2D eigenvalue weighted by molar-refractivity contribution is -0.139. The first kappa shape index (κ1) is 24.7. The number of halogens is 1. The third-order valence-electron chi connectivity index (χ3n) is 6.06. The number of carbonyl (C=O) groups is 2. The minimum Gasteiger partial charge on any atom is -0.507 e.